The lowest BCUT2D eigenvalue weighted by Gasteiger charge is -2.36. The molecule has 0 bridgehead atoms. The van der Waals surface area contributed by atoms with Gasteiger partial charge in [0, 0.05) is 6.54 Å². The maximum absolute atomic E-state index is 13.2. The molecule has 1 aliphatic heterocycles. The molecule has 2 atom stereocenters. The van der Waals surface area contributed by atoms with Gasteiger partial charge < -0.3 is 5.11 Å². The van der Waals surface area contributed by atoms with Crippen molar-refractivity contribution in [1.29, 1.82) is 0 Å². The summed E-state index contributed by atoms with van der Waals surface area (Å²) in [5.74, 6) is -2.19. The first-order valence-electron chi connectivity index (χ1n) is 6.92. The van der Waals surface area contributed by atoms with E-state index in [9.17, 15) is 18.7 Å². The van der Waals surface area contributed by atoms with E-state index in [1.807, 2.05) is 4.90 Å². The number of carboxylic acid groups (broad SMARTS) is 1. The lowest BCUT2D eigenvalue weighted by atomic mass is 9.88. The van der Waals surface area contributed by atoms with Crippen molar-refractivity contribution >= 4 is 5.97 Å². The van der Waals surface area contributed by atoms with E-state index in [0.29, 0.717) is 31.0 Å². The normalized spacial score (nSPS) is 23.8. The largest absolute Gasteiger partial charge is 0.480 e. The molecule has 1 aromatic carbocycles. The number of rotatable bonds is 4. The van der Waals surface area contributed by atoms with Crippen LogP contribution in [0.3, 0.4) is 0 Å². The van der Waals surface area contributed by atoms with Gasteiger partial charge in [0.05, 0.1) is 0 Å². The van der Waals surface area contributed by atoms with Gasteiger partial charge in [-0.15, -0.1) is 0 Å². The summed E-state index contributed by atoms with van der Waals surface area (Å²) in [5, 5.41) is 9.32. The molecule has 1 aliphatic rings. The van der Waals surface area contributed by atoms with Crippen LogP contribution >= 0.6 is 0 Å². The molecular formula is C15H19F2NO2. The van der Waals surface area contributed by atoms with E-state index in [1.54, 1.807) is 0 Å². The Kier molecular flexibility index (Phi) is 4.70. The molecular weight excluding hydrogens is 264 g/mol. The maximum atomic E-state index is 13.2. The number of halogens is 2. The molecule has 1 saturated heterocycles. The van der Waals surface area contributed by atoms with Crippen LogP contribution in [0.1, 0.15) is 31.7 Å². The third-order valence-corrected chi connectivity index (χ3v) is 4.05. The lowest BCUT2D eigenvalue weighted by Crippen LogP contribution is -2.46. The molecule has 5 heteroatoms. The van der Waals surface area contributed by atoms with Gasteiger partial charge in [0.2, 0.25) is 0 Å². The van der Waals surface area contributed by atoms with Gasteiger partial charge in [-0.1, -0.05) is 19.4 Å². The zero-order valence-electron chi connectivity index (χ0n) is 11.5. The van der Waals surface area contributed by atoms with E-state index in [4.69, 9.17) is 0 Å². The molecule has 20 heavy (non-hydrogen) atoms. The van der Waals surface area contributed by atoms with E-state index < -0.39 is 23.6 Å². The summed E-state index contributed by atoms with van der Waals surface area (Å²) >= 11 is 0. The molecule has 1 aromatic rings. The van der Waals surface area contributed by atoms with Crippen LogP contribution in [0.5, 0.6) is 0 Å². The molecule has 1 fully saturated rings. The van der Waals surface area contributed by atoms with Crippen LogP contribution < -0.4 is 0 Å². The predicted molar refractivity (Wildman–Crippen MR) is 71.2 cm³/mol. The smallest absolute Gasteiger partial charge is 0.320 e. The first-order valence-corrected chi connectivity index (χ1v) is 6.92. The Bertz CT molecular complexity index is 493. The van der Waals surface area contributed by atoms with Crippen LogP contribution in [0.2, 0.25) is 0 Å². The Hall–Kier alpha value is -1.49. The van der Waals surface area contributed by atoms with Gasteiger partial charge in [0.1, 0.15) is 6.04 Å². The van der Waals surface area contributed by atoms with Crippen LogP contribution in [0, 0.1) is 17.6 Å². The van der Waals surface area contributed by atoms with Crippen LogP contribution in [0.4, 0.5) is 8.78 Å². The number of hydrogen-bond acceptors (Lipinski definition) is 2. The van der Waals surface area contributed by atoms with Crippen molar-refractivity contribution in [3.05, 3.63) is 35.4 Å². The van der Waals surface area contributed by atoms with E-state index in [1.165, 1.54) is 6.07 Å². The second kappa shape index (κ2) is 6.31. The second-order valence-electron chi connectivity index (χ2n) is 5.37. The molecule has 0 aromatic heterocycles. The first kappa shape index (κ1) is 14.9. The summed E-state index contributed by atoms with van der Waals surface area (Å²) in [6, 6.07) is 3.18. The highest BCUT2D eigenvalue weighted by Gasteiger charge is 2.32. The number of carbonyl (C=O) groups is 1. The summed E-state index contributed by atoms with van der Waals surface area (Å²) in [7, 11) is 0. The van der Waals surface area contributed by atoms with Crippen LogP contribution in [0.25, 0.3) is 0 Å². The number of carboxylic acids is 1. The second-order valence-corrected chi connectivity index (χ2v) is 5.37. The highest BCUT2D eigenvalue weighted by molar-refractivity contribution is 5.73. The Labute approximate surface area is 117 Å². The van der Waals surface area contributed by atoms with Crippen molar-refractivity contribution in [2.45, 2.75) is 38.8 Å². The summed E-state index contributed by atoms with van der Waals surface area (Å²) < 4.78 is 26.1. The Morgan fingerprint density at radius 2 is 2.15 bits per heavy atom. The number of aliphatic carboxylic acids is 1. The van der Waals surface area contributed by atoms with Gasteiger partial charge in [0.25, 0.3) is 0 Å². The molecule has 1 N–H and O–H groups in total. The average molecular weight is 283 g/mol. The van der Waals surface area contributed by atoms with E-state index in [-0.39, 0.29) is 0 Å². The van der Waals surface area contributed by atoms with Crippen molar-refractivity contribution in [3.63, 3.8) is 0 Å². The highest BCUT2D eigenvalue weighted by atomic mass is 19.2. The summed E-state index contributed by atoms with van der Waals surface area (Å²) in [6.45, 7) is 3.08. The van der Waals surface area contributed by atoms with Crippen molar-refractivity contribution in [1.82, 2.24) is 4.90 Å². The standard InChI is InChI=1S/C15H19F2NO2/c1-2-10-5-6-18(14(8-10)15(19)20)9-11-3-4-12(16)13(17)7-11/h3-4,7,10,14H,2,5-6,8-9H2,1H3,(H,19,20). The van der Waals surface area contributed by atoms with Crippen LogP contribution in [0.15, 0.2) is 18.2 Å². The molecule has 1 heterocycles. The molecule has 0 amide bonds. The Balaban J connectivity index is 2.10. The Morgan fingerprint density at radius 3 is 2.75 bits per heavy atom. The Morgan fingerprint density at radius 1 is 1.40 bits per heavy atom. The molecule has 0 radical (unpaired) electrons. The zero-order chi connectivity index (χ0) is 14.7. The highest BCUT2D eigenvalue weighted by Crippen LogP contribution is 2.27. The van der Waals surface area contributed by atoms with Crippen molar-refractivity contribution in [2.75, 3.05) is 6.54 Å². The summed E-state index contributed by atoms with van der Waals surface area (Å²) in [4.78, 5) is 13.2. The fourth-order valence-electron chi connectivity index (χ4n) is 2.78. The van der Waals surface area contributed by atoms with Crippen LogP contribution in [-0.2, 0) is 11.3 Å². The molecule has 0 spiro atoms. The van der Waals surface area contributed by atoms with Gasteiger partial charge in [-0.05, 0) is 43.0 Å². The van der Waals surface area contributed by atoms with Gasteiger partial charge in [-0.3, -0.25) is 9.69 Å². The van der Waals surface area contributed by atoms with E-state index >= 15 is 0 Å². The summed E-state index contributed by atoms with van der Waals surface area (Å²) in [5.41, 5.74) is 0.602. The van der Waals surface area contributed by atoms with Crippen molar-refractivity contribution in [3.8, 4) is 0 Å². The van der Waals surface area contributed by atoms with Crippen molar-refractivity contribution < 1.29 is 18.7 Å². The third kappa shape index (κ3) is 3.33. The summed E-state index contributed by atoms with van der Waals surface area (Å²) in [6.07, 6.45) is 2.54. The zero-order valence-corrected chi connectivity index (χ0v) is 11.5. The van der Waals surface area contributed by atoms with E-state index in [0.717, 1.165) is 25.0 Å². The predicted octanol–water partition coefficient (Wildman–Crippen LogP) is 3.04. The molecule has 3 nitrogen and oxygen atoms in total. The number of nitrogens with zero attached hydrogens (tertiary/aromatic N) is 1. The molecule has 0 saturated carbocycles. The SMILES string of the molecule is CCC1CCN(Cc2ccc(F)c(F)c2)C(C(=O)O)C1. The van der Waals surface area contributed by atoms with Gasteiger partial charge in [-0.2, -0.15) is 0 Å². The maximum Gasteiger partial charge on any atom is 0.320 e. The minimum absolute atomic E-state index is 0.338. The minimum atomic E-state index is -0.891. The fraction of sp³-hybridized carbons (Fsp3) is 0.533. The number of benzene rings is 1. The number of piperidine rings is 1. The number of likely N-dealkylation sites (tertiary alicyclic amines) is 1. The van der Waals surface area contributed by atoms with Gasteiger partial charge in [0.15, 0.2) is 11.6 Å². The fourth-order valence-corrected chi connectivity index (χ4v) is 2.78. The average Bonchev–Trinajstić information content (AvgIpc) is 2.43. The topological polar surface area (TPSA) is 40.5 Å². The number of hydrogen-bond donors (Lipinski definition) is 1. The first-order chi connectivity index (χ1) is 9.51. The quantitative estimate of drug-likeness (QED) is 0.923. The molecule has 0 aliphatic carbocycles. The van der Waals surface area contributed by atoms with Crippen molar-refractivity contribution in [2.24, 2.45) is 5.92 Å². The third-order valence-electron chi connectivity index (χ3n) is 4.05. The van der Waals surface area contributed by atoms with Gasteiger partial charge >= 0.3 is 5.97 Å². The molecule has 110 valence electrons. The van der Waals surface area contributed by atoms with E-state index in [2.05, 4.69) is 6.92 Å². The molecule has 2 rings (SSSR count). The van der Waals surface area contributed by atoms with Gasteiger partial charge in [-0.25, -0.2) is 8.78 Å². The minimum Gasteiger partial charge on any atom is -0.480 e. The lowest BCUT2D eigenvalue weighted by molar-refractivity contribution is -0.145. The monoisotopic (exact) mass is 283 g/mol. The van der Waals surface area contributed by atoms with Crippen LogP contribution in [-0.4, -0.2) is 28.6 Å². The molecule has 2 unspecified atom stereocenters.